The van der Waals surface area contributed by atoms with Crippen LogP contribution in [0.25, 0.3) is 0 Å². The first-order valence-corrected chi connectivity index (χ1v) is 12.0. The summed E-state index contributed by atoms with van der Waals surface area (Å²) in [5, 5.41) is 9.67. The number of carboxylic acid groups (broad SMARTS) is 1. The quantitative estimate of drug-likeness (QED) is 0.533. The summed E-state index contributed by atoms with van der Waals surface area (Å²) in [7, 11) is 0. The van der Waals surface area contributed by atoms with E-state index >= 15 is 0 Å². The predicted octanol–water partition coefficient (Wildman–Crippen LogP) is 5.58. The summed E-state index contributed by atoms with van der Waals surface area (Å²) in [6, 6.07) is 15.4. The summed E-state index contributed by atoms with van der Waals surface area (Å²) in [6.07, 6.45) is 0.313. The van der Waals surface area contributed by atoms with Crippen LogP contribution in [0.3, 0.4) is 0 Å². The summed E-state index contributed by atoms with van der Waals surface area (Å²) in [6.45, 7) is 6.23. The van der Waals surface area contributed by atoms with Gasteiger partial charge in [-0.2, -0.15) is 0 Å². The molecule has 7 nitrogen and oxygen atoms in total. The van der Waals surface area contributed by atoms with E-state index in [4.69, 9.17) is 4.98 Å². The van der Waals surface area contributed by atoms with E-state index in [0.717, 1.165) is 17.0 Å². The molecule has 3 aromatic rings. The van der Waals surface area contributed by atoms with Crippen LogP contribution in [0.2, 0.25) is 0 Å². The van der Waals surface area contributed by atoms with Gasteiger partial charge in [0.15, 0.2) is 0 Å². The smallest absolute Gasteiger partial charge is 0.407 e. The first-order valence-electron chi connectivity index (χ1n) is 12.0. The molecule has 35 heavy (non-hydrogen) atoms. The van der Waals surface area contributed by atoms with Crippen molar-refractivity contribution >= 4 is 17.8 Å². The molecule has 1 saturated heterocycles. The lowest BCUT2D eigenvalue weighted by atomic mass is 9.82. The maximum absolute atomic E-state index is 14.3. The second-order valence-corrected chi connectivity index (χ2v) is 9.83. The van der Waals surface area contributed by atoms with Crippen LogP contribution in [0.4, 0.5) is 19.7 Å². The van der Waals surface area contributed by atoms with Gasteiger partial charge in [0.25, 0.3) is 0 Å². The van der Waals surface area contributed by atoms with Gasteiger partial charge in [-0.3, -0.25) is 4.90 Å². The van der Waals surface area contributed by atoms with Crippen molar-refractivity contribution < 1.29 is 19.1 Å². The number of amides is 2. The Morgan fingerprint density at radius 1 is 1.20 bits per heavy atom. The fraction of sp³-hybridized carbons (Fsp3) is 0.370. The monoisotopic (exact) mass is 476 g/mol. The molecule has 2 aromatic carbocycles. The molecule has 8 heteroatoms. The molecule has 1 aromatic heterocycles. The molecule has 5 rings (SSSR count). The molecule has 2 aliphatic heterocycles. The number of hydrogen-bond donors (Lipinski definition) is 1. The number of likely N-dealkylation sites (tertiary alicyclic amines) is 1. The number of rotatable bonds is 4. The minimum Gasteiger partial charge on any atom is -0.465 e. The molecule has 3 heterocycles. The van der Waals surface area contributed by atoms with Gasteiger partial charge in [-0.05, 0) is 49.4 Å². The van der Waals surface area contributed by atoms with Crippen molar-refractivity contribution in [3.8, 4) is 0 Å². The van der Waals surface area contributed by atoms with Gasteiger partial charge in [0.1, 0.15) is 17.2 Å². The molecule has 1 spiro atoms. The number of imidazole rings is 1. The first-order chi connectivity index (χ1) is 16.7. The Hall–Kier alpha value is -3.68. The van der Waals surface area contributed by atoms with E-state index in [0.29, 0.717) is 30.8 Å². The Morgan fingerprint density at radius 2 is 1.94 bits per heavy atom. The van der Waals surface area contributed by atoms with E-state index in [1.807, 2.05) is 37.3 Å². The molecule has 0 saturated carbocycles. The molecule has 0 aliphatic carbocycles. The highest BCUT2D eigenvalue weighted by Crippen LogP contribution is 2.49. The third-order valence-electron chi connectivity index (χ3n) is 7.24. The fourth-order valence-corrected chi connectivity index (χ4v) is 5.68. The number of carbonyl (C=O) groups excluding carboxylic acids is 1. The van der Waals surface area contributed by atoms with E-state index in [9.17, 15) is 19.1 Å². The summed E-state index contributed by atoms with van der Waals surface area (Å²) >= 11 is 0. The number of piperidine rings is 1. The highest BCUT2D eigenvalue weighted by Gasteiger charge is 2.56. The fourth-order valence-electron chi connectivity index (χ4n) is 5.68. The van der Waals surface area contributed by atoms with E-state index in [1.54, 1.807) is 21.6 Å². The topological polar surface area (TPSA) is 78.7 Å². The molecule has 0 unspecified atom stereocenters. The number of anilines is 1. The zero-order valence-electron chi connectivity index (χ0n) is 20.1. The Morgan fingerprint density at radius 3 is 2.57 bits per heavy atom. The van der Waals surface area contributed by atoms with Crippen molar-refractivity contribution in [2.75, 3.05) is 11.4 Å². The second-order valence-electron chi connectivity index (χ2n) is 9.83. The highest BCUT2D eigenvalue weighted by atomic mass is 19.1. The van der Waals surface area contributed by atoms with Crippen LogP contribution in [-0.2, 0) is 12.0 Å². The first kappa shape index (κ1) is 23.1. The largest absolute Gasteiger partial charge is 0.465 e. The highest BCUT2D eigenvalue weighted by molar-refractivity contribution is 5.99. The lowest BCUT2D eigenvalue weighted by molar-refractivity contribution is 0.0862. The molecule has 0 bridgehead atoms. The van der Waals surface area contributed by atoms with Gasteiger partial charge in [-0.1, -0.05) is 50.2 Å². The molecule has 1 N–H and O–H groups in total. The summed E-state index contributed by atoms with van der Waals surface area (Å²) < 4.78 is 16.0. The normalized spacial score (nSPS) is 21.7. The molecule has 0 radical (unpaired) electrons. The standard InChI is InChI=1S/C27H29FN4O3/c1-17(2)23-22(14-19-8-5-4-6-9-19)31-24(29-23)27(12-13-30(26(34)35)18(3)16-27)32(25(31)33)21-11-7-10-20(28)15-21/h4-11,15,17-18H,12-14,16H2,1-3H3,(H,34,35)/t18-,27-/m0/s1. The zero-order chi connectivity index (χ0) is 24.9. The van der Waals surface area contributed by atoms with E-state index in [1.165, 1.54) is 17.0 Å². The van der Waals surface area contributed by atoms with Gasteiger partial charge in [-0.15, -0.1) is 0 Å². The number of aromatic nitrogens is 2. The number of fused-ring (bicyclic) bond motifs is 2. The minimum atomic E-state index is -0.982. The minimum absolute atomic E-state index is 0.0933. The van der Waals surface area contributed by atoms with Crippen LogP contribution in [-0.4, -0.2) is 44.3 Å². The average molecular weight is 477 g/mol. The molecule has 2 atom stereocenters. The Labute approximate surface area is 203 Å². The van der Waals surface area contributed by atoms with Crippen LogP contribution in [0.15, 0.2) is 54.6 Å². The molecule has 2 aliphatic rings. The van der Waals surface area contributed by atoms with Crippen molar-refractivity contribution in [2.24, 2.45) is 0 Å². The van der Waals surface area contributed by atoms with E-state index in [2.05, 4.69) is 13.8 Å². The Bertz CT molecular complexity index is 1290. The molecular weight excluding hydrogens is 447 g/mol. The van der Waals surface area contributed by atoms with Crippen LogP contribution in [0.1, 0.15) is 62.3 Å². The summed E-state index contributed by atoms with van der Waals surface area (Å²) in [4.78, 5) is 34.1. The van der Waals surface area contributed by atoms with Gasteiger partial charge in [-0.25, -0.2) is 23.5 Å². The van der Waals surface area contributed by atoms with Crippen molar-refractivity contribution in [3.63, 3.8) is 0 Å². The van der Waals surface area contributed by atoms with E-state index < -0.39 is 17.4 Å². The maximum Gasteiger partial charge on any atom is 0.407 e. The molecule has 2 amide bonds. The molecular formula is C27H29FN4O3. The maximum atomic E-state index is 14.3. The SMILES string of the molecule is CC(C)c1nc2n(c1Cc1ccccc1)C(=O)N(c1cccc(F)c1)[C@]21CCN(C(=O)O)[C@@H](C)C1. The number of halogens is 1. The van der Waals surface area contributed by atoms with Crippen molar-refractivity contribution in [1.82, 2.24) is 14.5 Å². The number of benzene rings is 2. The van der Waals surface area contributed by atoms with Gasteiger partial charge in [0, 0.05) is 24.7 Å². The second kappa shape index (κ2) is 8.52. The third kappa shape index (κ3) is 3.68. The van der Waals surface area contributed by atoms with Crippen LogP contribution >= 0.6 is 0 Å². The average Bonchev–Trinajstić information content (AvgIpc) is 3.29. The third-order valence-corrected chi connectivity index (χ3v) is 7.24. The predicted molar refractivity (Wildman–Crippen MR) is 130 cm³/mol. The van der Waals surface area contributed by atoms with Crippen molar-refractivity contribution in [3.05, 3.63) is 83.2 Å². The molecule has 182 valence electrons. The lowest BCUT2D eigenvalue weighted by Gasteiger charge is -2.45. The number of carbonyl (C=O) groups is 2. The number of nitrogens with zero attached hydrogens (tertiary/aromatic N) is 4. The summed E-state index contributed by atoms with van der Waals surface area (Å²) in [5.41, 5.74) is 2.35. The number of hydrogen-bond acceptors (Lipinski definition) is 3. The molecule has 1 fully saturated rings. The zero-order valence-corrected chi connectivity index (χ0v) is 20.1. The van der Waals surface area contributed by atoms with Gasteiger partial charge >= 0.3 is 12.1 Å². The van der Waals surface area contributed by atoms with E-state index in [-0.39, 0.29) is 24.5 Å². The van der Waals surface area contributed by atoms with Crippen molar-refractivity contribution in [2.45, 2.75) is 57.5 Å². The van der Waals surface area contributed by atoms with Crippen LogP contribution in [0.5, 0.6) is 0 Å². The Balaban J connectivity index is 1.70. The summed E-state index contributed by atoms with van der Waals surface area (Å²) in [5.74, 6) is 0.285. The van der Waals surface area contributed by atoms with Crippen LogP contribution in [0, 0.1) is 5.82 Å². The van der Waals surface area contributed by atoms with Gasteiger partial charge in [0.2, 0.25) is 0 Å². The van der Waals surface area contributed by atoms with Crippen molar-refractivity contribution in [1.29, 1.82) is 0 Å². The van der Waals surface area contributed by atoms with Gasteiger partial charge < -0.3 is 10.0 Å². The lowest BCUT2D eigenvalue weighted by Crippen LogP contribution is -2.56. The Kier molecular flexibility index (Phi) is 5.62. The van der Waals surface area contributed by atoms with Crippen LogP contribution < -0.4 is 4.90 Å². The van der Waals surface area contributed by atoms with Gasteiger partial charge in [0.05, 0.1) is 11.4 Å².